The molecule has 1 nitrogen and oxygen atoms in total. The lowest BCUT2D eigenvalue weighted by molar-refractivity contribution is 0.0373. The average molecular weight is 147 g/mol. The van der Waals surface area contributed by atoms with Crippen LogP contribution in [0.3, 0.4) is 0 Å². The smallest absolute Gasteiger partial charge is 0.115 e. The third-order valence-electron chi connectivity index (χ3n) is 0.951. The summed E-state index contributed by atoms with van der Waals surface area (Å²) in [6.45, 7) is 8.14. The molecule has 0 heterocycles. The Labute approximate surface area is 63.2 Å². The summed E-state index contributed by atoms with van der Waals surface area (Å²) in [4.78, 5) is 0. The summed E-state index contributed by atoms with van der Waals surface area (Å²) in [6.07, 6.45) is 0.259. The lowest BCUT2D eigenvalue weighted by Crippen LogP contribution is -2.17. The van der Waals surface area contributed by atoms with E-state index in [1.54, 1.807) is 0 Å². The van der Waals surface area contributed by atoms with Gasteiger partial charge in [0.1, 0.15) is 5.44 Å². The van der Waals surface area contributed by atoms with Crippen LogP contribution in [0.2, 0.25) is 0 Å². The van der Waals surface area contributed by atoms with Crippen molar-refractivity contribution in [3.8, 4) is 0 Å². The van der Waals surface area contributed by atoms with E-state index in [0.29, 0.717) is 5.92 Å². The SMILES string of the molecule is CC(C)OC([S])C(C)C. The molecule has 1 atom stereocenters. The fourth-order valence-corrected chi connectivity index (χ4v) is 0.648. The summed E-state index contributed by atoms with van der Waals surface area (Å²) in [5.74, 6) is 0.447. The first-order valence-electron chi connectivity index (χ1n) is 3.35. The Morgan fingerprint density at radius 2 is 1.56 bits per heavy atom. The zero-order valence-corrected chi connectivity index (χ0v) is 7.37. The van der Waals surface area contributed by atoms with Crippen LogP contribution < -0.4 is 0 Å². The molecule has 0 aromatic carbocycles. The van der Waals surface area contributed by atoms with Gasteiger partial charge in [0, 0.05) is 0 Å². The molecule has 0 saturated carbocycles. The van der Waals surface area contributed by atoms with Crippen LogP contribution in [0.5, 0.6) is 0 Å². The molecule has 1 radical (unpaired) electrons. The van der Waals surface area contributed by atoms with E-state index in [0.717, 1.165) is 0 Å². The lowest BCUT2D eigenvalue weighted by Gasteiger charge is -2.17. The number of hydrogen-bond donors (Lipinski definition) is 0. The second-order valence-electron chi connectivity index (χ2n) is 2.80. The molecular weight excluding hydrogens is 132 g/mol. The summed E-state index contributed by atoms with van der Waals surface area (Å²) in [7, 11) is 0. The van der Waals surface area contributed by atoms with E-state index in [-0.39, 0.29) is 11.5 Å². The van der Waals surface area contributed by atoms with Gasteiger partial charge in [-0.15, -0.1) is 0 Å². The molecule has 2 heteroatoms. The monoisotopic (exact) mass is 147 g/mol. The minimum absolute atomic E-state index is 0.0231. The van der Waals surface area contributed by atoms with E-state index >= 15 is 0 Å². The molecule has 55 valence electrons. The molecule has 0 spiro atoms. The molecular formula is C7H15OS. The van der Waals surface area contributed by atoms with Crippen molar-refractivity contribution in [1.29, 1.82) is 0 Å². The quantitative estimate of drug-likeness (QED) is 0.596. The van der Waals surface area contributed by atoms with Crippen LogP contribution in [0.15, 0.2) is 0 Å². The number of hydrogen-bond acceptors (Lipinski definition) is 1. The fraction of sp³-hybridized carbons (Fsp3) is 1.00. The van der Waals surface area contributed by atoms with Gasteiger partial charge in [-0.1, -0.05) is 26.5 Å². The van der Waals surface area contributed by atoms with E-state index in [4.69, 9.17) is 17.4 Å². The minimum atomic E-state index is -0.0231. The molecule has 0 aliphatic carbocycles. The van der Waals surface area contributed by atoms with Crippen molar-refractivity contribution >= 4 is 12.6 Å². The van der Waals surface area contributed by atoms with Gasteiger partial charge >= 0.3 is 0 Å². The van der Waals surface area contributed by atoms with Crippen LogP contribution >= 0.6 is 12.6 Å². The van der Waals surface area contributed by atoms with Crippen molar-refractivity contribution in [1.82, 2.24) is 0 Å². The highest BCUT2D eigenvalue weighted by Gasteiger charge is 2.09. The zero-order chi connectivity index (χ0) is 7.44. The van der Waals surface area contributed by atoms with E-state index in [1.807, 2.05) is 13.8 Å². The van der Waals surface area contributed by atoms with Crippen molar-refractivity contribution in [2.24, 2.45) is 5.92 Å². The standard InChI is InChI=1S/C7H15OS/c1-5(2)7(9)8-6(3)4/h5-7H,1-4H3. The van der Waals surface area contributed by atoms with Gasteiger partial charge in [-0.2, -0.15) is 0 Å². The predicted molar refractivity (Wildman–Crippen MR) is 42.4 cm³/mol. The molecule has 0 aromatic heterocycles. The molecule has 0 rings (SSSR count). The maximum atomic E-state index is 5.33. The zero-order valence-electron chi connectivity index (χ0n) is 6.55. The minimum Gasteiger partial charge on any atom is -0.364 e. The second-order valence-corrected chi connectivity index (χ2v) is 3.26. The predicted octanol–water partition coefficient (Wildman–Crippen LogP) is 2.59. The summed E-state index contributed by atoms with van der Waals surface area (Å²) in [5, 5.41) is 0. The van der Waals surface area contributed by atoms with Crippen molar-refractivity contribution in [2.75, 3.05) is 0 Å². The molecule has 0 fully saturated rings. The number of rotatable bonds is 3. The number of ether oxygens (including phenoxy) is 1. The topological polar surface area (TPSA) is 9.23 Å². The maximum absolute atomic E-state index is 5.33. The molecule has 0 bridgehead atoms. The van der Waals surface area contributed by atoms with Gasteiger partial charge in [-0.25, -0.2) is 0 Å². The summed E-state index contributed by atoms with van der Waals surface area (Å²) in [5.41, 5.74) is -0.0231. The van der Waals surface area contributed by atoms with Gasteiger partial charge in [0.15, 0.2) is 0 Å². The highest BCUT2D eigenvalue weighted by atomic mass is 32.1. The first-order valence-corrected chi connectivity index (χ1v) is 3.82. The van der Waals surface area contributed by atoms with Crippen LogP contribution in [0.4, 0.5) is 0 Å². The van der Waals surface area contributed by atoms with Gasteiger partial charge in [0.25, 0.3) is 0 Å². The first kappa shape index (κ1) is 9.31. The Balaban J connectivity index is 3.38. The fourth-order valence-electron chi connectivity index (χ4n) is 0.425. The summed E-state index contributed by atoms with van der Waals surface area (Å²) >= 11 is 5.02. The van der Waals surface area contributed by atoms with Gasteiger partial charge in [0.2, 0.25) is 0 Å². The van der Waals surface area contributed by atoms with E-state index in [2.05, 4.69) is 13.8 Å². The normalized spacial score (nSPS) is 15.0. The summed E-state index contributed by atoms with van der Waals surface area (Å²) in [6, 6.07) is 0. The Hall–Kier alpha value is 0.310. The van der Waals surface area contributed by atoms with E-state index in [1.165, 1.54) is 0 Å². The largest absolute Gasteiger partial charge is 0.364 e. The Kier molecular flexibility index (Phi) is 4.32. The lowest BCUT2D eigenvalue weighted by atomic mass is 10.2. The molecule has 0 aromatic rings. The Bertz CT molecular complexity index is 71.3. The molecule has 0 aliphatic rings. The van der Waals surface area contributed by atoms with Crippen molar-refractivity contribution < 1.29 is 4.74 Å². The molecule has 0 saturated heterocycles. The molecule has 9 heavy (non-hydrogen) atoms. The van der Waals surface area contributed by atoms with Crippen molar-refractivity contribution in [2.45, 2.75) is 39.2 Å². The summed E-state index contributed by atoms with van der Waals surface area (Å²) < 4.78 is 5.33. The van der Waals surface area contributed by atoms with E-state index in [9.17, 15) is 0 Å². The van der Waals surface area contributed by atoms with Crippen LogP contribution in [-0.4, -0.2) is 11.5 Å². The first-order chi connectivity index (χ1) is 4.04. The third kappa shape index (κ3) is 4.79. The van der Waals surface area contributed by atoms with Crippen LogP contribution in [0, 0.1) is 5.92 Å². The van der Waals surface area contributed by atoms with Gasteiger partial charge in [-0.3, -0.25) is 0 Å². The van der Waals surface area contributed by atoms with Crippen LogP contribution in [-0.2, 0) is 4.74 Å². The molecule has 0 N–H and O–H groups in total. The molecule has 1 unspecified atom stereocenters. The van der Waals surface area contributed by atoms with Crippen molar-refractivity contribution in [3.63, 3.8) is 0 Å². The maximum Gasteiger partial charge on any atom is 0.115 e. The van der Waals surface area contributed by atoms with Gasteiger partial charge < -0.3 is 4.74 Å². The molecule has 0 aliphatic heterocycles. The second kappa shape index (κ2) is 4.18. The van der Waals surface area contributed by atoms with E-state index < -0.39 is 0 Å². The average Bonchev–Trinajstić information content (AvgIpc) is 1.63. The van der Waals surface area contributed by atoms with Crippen molar-refractivity contribution in [3.05, 3.63) is 0 Å². The Morgan fingerprint density at radius 3 is 1.67 bits per heavy atom. The molecule has 0 amide bonds. The van der Waals surface area contributed by atoms with Crippen LogP contribution in [0.1, 0.15) is 27.7 Å². The highest BCUT2D eigenvalue weighted by molar-refractivity contribution is 7.80. The van der Waals surface area contributed by atoms with Crippen LogP contribution in [0.25, 0.3) is 0 Å². The third-order valence-corrected chi connectivity index (χ3v) is 1.61. The van der Waals surface area contributed by atoms with Gasteiger partial charge in [-0.05, 0) is 19.8 Å². The Morgan fingerprint density at radius 1 is 1.11 bits per heavy atom. The highest BCUT2D eigenvalue weighted by Crippen LogP contribution is 2.11. The van der Waals surface area contributed by atoms with Gasteiger partial charge in [0.05, 0.1) is 6.10 Å².